The molecule has 0 aliphatic heterocycles. The number of nitrogens with two attached hydrogens (primary N) is 1. The summed E-state index contributed by atoms with van der Waals surface area (Å²) in [6, 6.07) is 9.31. The zero-order valence-electron chi connectivity index (χ0n) is 22.8. The minimum absolute atomic E-state index is 0.0105. The number of nitrogens with zero attached hydrogens (tertiary/aromatic N) is 6. The zero-order chi connectivity index (χ0) is 30.7. The molecule has 5 rings (SSSR count). The van der Waals surface area contributed by atoms with E-state index in [9.17, 15) is 29.1 Å². The van der Waals surface area contributed by atoms with E-state index >= 15 is 0 Å². The van der Waals surface area contributed by atoms with Gasteiger partial charge < -0.3 is 30.3 Å². The van der Waals surface area contributed by atoms with Gasteiger partial charge in [-0.05, 0) is 55.2 Å². The number of benzene rings is 1. The van der Waals surface area contributed by atoms with Crippen molar-refractivity contribution in [3.05, 3.63) is 72.0 Å². The Morgan fingerprint density at radius 1 is 1.19 bits per heavy atom. The summed E-state index contributed by atoms with van der Waals surface area (Å²) in [5, 5.41) is 16.3. The lowest BCUT2D eigenvalue weighted by atomic mass is 10.2. The summed E-state index contributed by atoms with van der Waals surface area (Å²) in [5.41, 5.74) is 6.38. The van der Waals surface area contributed by atoms with Gasteiger partial charge in [0.05, 0.1) is 24.1 Å². The smallest absolute Gasteiger partial charge is 0.413 e. The molecule has 0 atom stereocenters. The van der Waals surface area contributed by atoms with Crippen LogP contribution in [0.15, 0.2) is 59.5 Å². The minimum atomic E-state index is -1.12. The van der Waals surface area contributed by atoms with Crippen LogP contribution >= 0.6 is 0 Å². The highest BCUT2D eigenvalue weighted by molar-refractivity contribution is 6.07. The number of rotatable bonds is 11. The Balaban J connectivity index is 1.33. The van der Waals surface area contributed by atoms with Crippen molar-refractivity contribution in [1.29, 1.82) is 0 Å². The number of anilines is 2. The van der Waals surface area contributed by atoms with E-state index in [2.05, 4.69) is 20.4 Å². The summed E-state index contributed by atoms with van der Waals surface area (Å²) in [6.07, 6.45) is 5.36. The van der Waals surface area contributed by atoms with E-state index < -0.39 is 17.9 Å². The van der Waals surface area contributed by atoms with E-state index in [1.165, 1.54) is 52.1 Å². The molecule has 15 heteroatoms. The average Bonchev–Trinajstić information content (AvgIpc) is 3.50. The van der Waals surface area contributed by atoms with Gasteiger partial charge in [-0.2, -0.15) is 5.10 Å². The maximum absolute atomic E-state index is 13.0. The molecule has 0 bridgehead atoms. The molecule has 1 aliphatic carbocycles. The standard InChI is InChI=1S/C28H26N8O7/c1-34(10-11-37)27(40)17-4-6-19(7-5-17)36-14-20(23(33-36)24(29)38)31-25(39)21-15-43-26(32-21)18-8-9-30-22(12-18)35(28(41)42)13-16-2-3-16/h4-9,11-12,14-16H,2-3,10,13H2,1H3,(H2,29,38)(H,31,39)(H,41,42). The monoisotopic (exact) mass is 586 g/mol. The van der Waals surface area contributed by atoms with Crippen LogP contribution in [-0.2, 0) is 4.79 Å². The van der Waals surface area contributed by atoms with Crippen LogP contribution in [0.25, 0.3) is 17.1 Å². The van der Waals surface area contributed by atoms with Gasteiger partial charge in [0.2, 0.25) is 5.89 Å². The fourth-order valence-corrected chi connectivity index (χ4v) is 4.18. The molecule has 1 fully saturated rings. The van der Waals surface area contributed by atoms with Crippen LogP contribution < -0.4 is 16.0 Å². The highest BCUT2D eigenvalue weighted by Gasteiger charge is 2.28. The summed E-state index contributed by atoms with van der Waals surface area (Å²) in [6.45, 7) is 0.285. The molecule has 4 N–H and O–H groups in total. The number of pyridine rings is 1. The lowest BCUT2D eigenvalue weighted by molar-refractivity contribution is -0.108. The molecule has 4 amide bonds. The largest absolute Gasteiger partial charge is 0.465 e. The van der Waals surface area contributed by atoms with Gasteiger partial charge >= 0.3 is 6.09 Å². The van der Waals surface area contributed by atoms with E-state index in [1.54, 1.807) is 18.2 Å². The Morgan fingerprint density at radius 3 is 2.58 bits per heavy atom. The molecule has 43 heavy (non-hydrogen) atoms. The van der Waals surface area contributed by atoms with Gasteiger partial charge in [0.1, 0.15) is 18.4 Å². The van der Waals surface area contributed by atoms with E-state index in [0.29, 0.717) is 35.6 Å². The molecule has 3 heterocycles. The number of hydrogen-bond donors (Lipinski definition) is 3. The predicted octanol–water partition coefficient (Wildman–Crippen LogP) is 2.44. The second-order valence-electron chi connectivity index (χ2n) is 9.83. The topological polar surface area (TPSA) is 207 Å². The molecule has 220 valence electrons. The fourth-order valence-electron chi connectivity index (χ4n) is 4.18. The van der Waals surface area contributed by atoms with Crippen molar-refractivity contribution < 1.29 is 33.5 Å². The van der Waals surface area contributed by atoms with E-state index in [1.807, 2.05) is 0 Å². The first-order valence-electron chi connectivity index (χ1n) is 13.1. The van der Waals surface area contributed by atoms with Crippen LogP contribution in [0.2, 0.25) is 0 Å². The number of carbonyl (C=O) groups is 5. The molecule has 3 aromatic heterocycles. The van der Waals surface area contributed by atoms with Crippen molar-refractivity contribution in [1.82, 2.24) is 24.6 Å². The van der Waals surface area contributed by atoms with Gasteiger partial charge in [-0.3, -0.25) is 19.3 Å². The van der Waals surface area contributed by atoms with Gasteiger partial charge in [0.15, 0.2) is 11.4 Å². The highest BCUT2D eigenvalue weighted by atomic mass is 16.4. The Morgan fingerprint density at radius 2 is 1.93 bits per heavy atom. The zero-order valence-corrected chi connectivity index (χ0v) is 22.8. The maximum Gasteiger partial charge on any atom is 0.413 e. The van der Waals surface area contributed by atoms with Crippen molar-refractivity contribution in [2.24, 2.45) is 11.7 Å². The van der Waals surface area contributed by atoms with Crippen LogP contribution in [-0.4, -0.2) is 80.0 Å². The number of carboxylic acid groups (broad SMARTS) is 1. The predicted molar refractivity (Wildman–Crippen MR) is 151 cm³/mol. The quantitative estimate of drug-likeness (QED) is 0.219. The maximum atomic E-state index is 13.0. The number of nitrogens with one attached hydrogen (secondary N) is 1. The number of likely N-dealkylation sites (N-methyl/N-ethyl adjacent to an activating group) is 1. The number of carbonyl (C=O) groups excluding carboxylic acids is 4. The third-order valence-corrected chi connectivity index (χ3v) is 6.64. The molecule has 15 nitrogen and oxygen atoms in total. The van der Waals surface area contributed by atoms with Gasteiger partial charge in [0, 0.05) is 30.9 Å². The average molecular weight is 587 g/mol. The summed E-state index contributed by atoms with van der Waals surface area (Å²) in [5.74, 6) is -1.38. The first kappa shape index (κ1) is 28.7. The molecule has 0 saturated heterocycles. The summed E-state index contributed by atoms with van der Waals surface area (Å²) < 4.78 is 6.79. The molecular weight excluding hydrogens is 560 g/mol. The van der Waals surface area contributed by atoms with E-state index in [4.69, 9.17) is 10.2 Å². The van der Waals surface area contributed by atoms with Crippen molar-refractivity contribution in [2.45, 2.75) is 12.8 Å². The van der Waals surface area contributed by atoms with Gasteiger partial charge in [-0.1, -0.05) is 0 Å². The number of primary amides is 1. The van der Waals surface area contributed by atoms with Gasteiger partial charge in [-0.15, -0.1) is 0 Å². The summed E-state index contributed by atoms with van der Waals surface area (Å²) in [4.78, 5) is 70.8. The summed E-state index contributed by atoms with van der Waals surface area (Å²) >= 11 is 0. The van der Waals surface area contributed by atoms with Crippen LogP contribution in [0.5, 0.6) is 0 Å². The normalized spacial score (nSPS) is 12.4. The number of hydrogen-bond acceptors (Lipinski definition) is 9. The van der Waals surface area contributed by atoms with E-state index in [-0.39, 0.29) is 41.2 Å². The summed E-state index contributed by atoms with van der Waals surface area (Å²) in [7, 11) is 1.50. The van der Waals surface area contributed by atoms with Gasteiger partial charge in [-0.25, -0.2) is 19.4 Å². The molecule has 0 radical (unpaired) electrons. The SMILES string of the molecule is CN(CC=O)C(=O)c1ccc(-n2cc(NC(=O)c3coc(-c4ccnc(N(CC5CC5)C(=O)O)c4)n3)c(C(N)=O)n2)cc1. The number of oxazole rings is 1. The first-order valence-corrected chi connectivity index (χ1v) is 13.1. The lowest BCUT2D eigenvalue weighted by Crippen LogP contribution is -2.32. The fraction of sp³-hybridized carbons (Fsp3) is 0.214. The van der Waals surface area contributed by atoms with Crippen LogP contribution in [0.1, 0.15) is 44.2 Å². The second kappa shape index (κ2) is 11.9. The van der Waals surface area contributed by atoms with Crippen LogP contribution in [0.4, 0.5) is 16.3 Å². The Kier molecular flexibility index (Phi) is 7.96. The van der Waals surface area contributed by atoms with Crippen molar-refractivity contribution in [2.75, 3.05) is 30.4 Å². The Labute approximate surface area is 243 Å². The highest BCUT2D eigenvalue weighted by Crippen LogP contribution is 2.32. The molecule has 1 saturated carbocycles. The number of aromatic nitrogens is 4. The Bertz CT molecular complexity index is 1710. The molecule has 0 spiro atoms. The van der Waals surface area contributed by atoms with Crippen LogP contribution in [0.3, 0.4) is 0 Å². The number of aldehydes is 1. The molecule has 4 aromatic rings. The molecular formula is C28H26N8O7. The van der Waals surface area contributed by atoms with Crippen LogP contribution in [0, 0.1) is 5.92 Å². The number of amides is 4. The van der Waals surface area contributed by atoms with Crippen molar-refractivity contribution >= 4 is 41.6 Å². The van der Waals surface area contributed by atoms with Crippen molar-refractivity contribution in [3.63, 3.8) is 0 Å². The second-order valence-corrected chi connectivity index (χ2v) is 9.83. The van der Waals surface area contributed by atoms with Crippen molar-refractivity contribution in [3.8, 4) is 17.1 Å². The third-order valence-electron chi connectivity index (χ3n) is 6.64. The molecule has 0 unspecified atom stereocenters. The molecule has 1 aliphatic rings. The van der Waals surface area contributed by atoms with Gasteiger partial charge in [0.25, 0.3) is 17.7 Å². The third kappa shape index (κ3) is 6.40. The lowest BCUT2D eigenvalue weighted by Gasteiger charge is -2.18. The minimum Gasteiger partial charge on any atom is -0.465 e. The first-order chi connectivity index (χ1) is 20.6. The Hall–Kier alpha value is -5.86. The molecule has 1 aromatic carbocycles. The van der Waals surface area contributed by atoms with E-state index in [0.717, 1.165) is 19.1 Å².